The van der Waals surface area contributed by atoms with Gasteiger partial charge in [-0.2, -0.15) is 0 Å². The third-order valence-electron chi connectivity index (χ3n) is 2.86. The van der Waals surface area contributed by atoms with Crippen molar-refractivity contribution in [1.29, 1.82) is 0 Å². The van der Waals surface area contributed by atoms with Crippen molar-refractivity contribution in [2.45, 2.75) is 13.8 Å². The van der Waals surface area contributed by atoms with Crippen molar-refractivity contribution in [2.24, 2.45) is 0 Å². The van der Waals surface area contributed by atoms with Gasteiger partial charge in [0.2, 0.25) is 0 Å². The summed E-state index contributed by atoms with van der Waals surface area (Å²) in [6.45, 7) is 4.35. The van der Waals surface area contributed by atoms with Crippen molar-refractivity contribution in [2.75, 3.05) is 17.7 Å². The van der Waals surface area contributed by atoms with Crippen LogP contribution in [0, 0.1) is 12.7 Å². The van der Waals surface area contributed by atoms with E-state index in [1.54, 1.807) is 18.2 Å². The molecule has 0 amide bonds. The quantitative estimate of drug-likeness (QED) is 0.799. The molecule has 0 bridgehead atoms. The number of anilines is 3. The summed E-state index contributed by atoms with van der Waals surface area (Å²) in [4.78, 5) is 0. The molecule has 0 spiro atoms. The highest BCUT2D eigenvalue weighted by Gasteiger charge is 2.07. The van der Waals surface area contributed by atoms with Gasteiger partial charge < -0.3 is 15.8 Å². The molecule has 3 N–H and O–H groups in total. The lowest BCUT2D eigenvalue weighted by atomic mass is 10.2. The molecule has 0 aromatic heterocycles. The lowest BCUT2D eigenvalue weighted by Crippen LogP contribution is -1.99. The van der Waals surface area contributed by atoms with Crippen molar-refractivity contribution < 1.29 is 9.13 Å². The maximum Gasteiger partial charge on any atom is 0.144 e. The van der Waals surface area contributed by atoms with Gasteiger partial charge in [-0.05, 0) is 59.6 Å². The van der Waals surface area contributed by atoms with Crippen LogP contribution in [-0.2, 0) is 0 Å². The number of nitrogens with one attached hydrogen (secondary N) is 1. The molecule has 0 radical (unpaired) electrons. The van der Waals surface area contributed by atoms with E-state index < -0.39 is 0 Å². The second kappa shape index (κ2) is 6.13. The van der Waals surface area contributed by atoms with Gasteiger partial charge in [0.25, 0.3) is 0 Å². The molecule has 0 saturated carbocycles. The highest BCUT2D eigenvalue weighted by atomic mass is 79.9. The van der Waals surface area contributed by atoms with Gasteiger partial charge in [0.1, 0.15) is 11.6 Å². The van der Waals surface area contributed by atoms with Crippen LogP contribution in [0.5, 0.6) is 5.75 Å². The summed E-state index contributed by atoms with van der Waals surface area (Å²) in [5.74, 6) is 0.311. The van der Waals surface area contributed by atoms with Gasteiger partial charge in [-0.15, -0.1) is 0 Å². The lowest BCUT2D eigenvalue weighted by Gasteiger charge is -2.13. The minimum atomic E-state index is -0.307. The summed E-state index contributed by atoms with van der Waals surface area (Å²) >= 11 is 3.17. The van der Waals surface area contributed by atoms with Crippen molar-refractivity contribution in [1.82, 2.24) is 0 Å². The molecule has 20 heavy (non-hydrogen) atoms. The number of aryl methyl sites for hydroxylation is 1. The van der Waals surface area contributed by atoms with Crippen molar-refractivity contribution in [3.8, 4) is 5.75 Å². The Labute approximate surface area is 126 Å². The summed E-state index contributed by atoms with van der Waals surface area (Å²) in [5, 5.41) is 3.17. The smallest absolute Gasteiger partial charge is 0.144 e. The van der Waals surface area contributed by atoms with Crippen LogP contribution < -0.4 is 15.8 Å². The molecule has 2 rings (SSSR count). The van der Waals surface area contributed by atoms with Crippen molar-refractivity contribution in [3.63, 3.8) is 0 Å². The van der Waals surface area contributed by atoms with Crippen molar-refractivity contribution in [3.05, 3.63) is 46.2 Å². The van der Waals surface area contributed by atoms with Crippen LogP contribution in [0.4, 0.5) is 21.5 Å². The Morgan fingerprint density at radius 2 is 2.05 bits per heavy atom. The third-order valence-corrected chi connectivity index (χ3v) is 3.47. The Morgan fingerprint density at radius 3 is 2.75 bits per heavy atom. The number of rotatable bonds is 4. The van der Waals surface area contributed by atoms with E-state index in [0.29, 0.717) is 28.2 Å². The lowest BCUT2D eigenvalue weighted by molar-refractivity contribution is 0.342. The van der Waals surface area contributed by atoms with Crippen LogP contribution in [0.2, 0.25) is 0 Å². The monoisotopic (exact) mass is 338 g/mol. The number of nitrogens with two attached hydrogens (primary N) is 1. The van der Waals surface area contributed by atoms with Gasteiger partial charge in [0.05, 0.1) is 16.8 Å². The van der Waals surface area contributed by atoms with Crippen LogP contribution in [-0.4, -0.2) is 6.61 Å². The Balaban J connectivity index is 2.30. The zero-order valence-corrected chi connectivity index (χ0v) is 12.9. The molecule has 5 heteroatoms. The molecule has 0 aliphatic heterocycles. The summed E-state index contributed by atoms with van der Waals surface area (Å²) in [7, 11) is 0. The van der Waals surface area contributed by atoms with Gasteiger partial charge in [0.15, 0.2) is 0 Å². The minimum absolute atomic E-state index is 0.307. The predicted octanol–water partition coefficient (Wildman–Crippen LogP) is 4.62. The van der Waals surface area contributed by atoms with Crippen LogP contribution in [0.25, 0.3) is 0 Å². The van der Waals surface area contributed by atoms with Gasteiger partial charge in [-0.3, -0.25) is 0 Å². The van der Waals surface area contributed by atoms with E-state index in [2.05, 4.69) is 21.2 Å². The van der Waals surface area contributed by atoms with E-state index in [4.69, 9.17) is 10.5 Å². The van der Waals surface area contributed by atoms with Gasteiger partial charge >= 0.3 is 0 Å². The molecule has 0 aliphatic rings. The van der Waals surface area contributed by atoms with Gasteiger partial charge in [0, 0.05) is 17.4 Å². The molecular weight excluding hydrogens is 323 g/mol. The molecule has 0 aliphatic carbocycles. The van der Waals surface area contributed by atoms with Gasteiger partial charge in [-0.25, -0.2) is 4.39 Å². The van der Waals surface area contributed by atoms with E-state index in [0.717, 1.165) is 11.3 Å². The Hall–Kier alpha value is -1.75. The van der Waals surface area contributed by atoms with E-state index in [9.17, 15) is 4.39 Å². The fourth-order valence-corrected chi connectivity index (χ4v) is 2.29. The molecular formula is C15H16BrFN2O. The Bertz CT molecular complexity index is 632. The number of ether oxygens (including phenoxy) is 1. The van der Waals surface area contributed by atoms with Crippen LogP contribution in [0.1, 0.15) is 12.5 Å². The average Bonchev–Trinajstić information content (AvgIpc) is 2.40. The fraction of sp³-hybridized carbons (Fsp3) is 0.200. The zero-order chi connectivity index (χ0) is 14.7. The average molecular weight is 339 g/mol. The number of hydrogen-bond donors (Lipinski definition) is 2. The molecule has 0 atom stereocenters. The molecule has 2 aromatic rings. The van der Waals surface area contributed by atoms with E-state index >= 15 is 0 Å². The number of benzene rings is 2. The first-order valence-electron chi connectivity index (χ1n) is 6.26. The summed E-state index contributed by atoms with van der Waals surface area (Å²) in [6, 6.07) is 8.59. The van der Waals surface area contributed by atoms with Gasteiger partial charge in [-0.1, -0.05) is 0 Å². The highest BCUT2D eigenvalue weighted by molar-refractivity contribution is 9.10. The largest absolute Gasteiger partial charge is 0.492 e. The number of halogens is 2. The van der Waals surface area contributed by atoms with Crippen molar-refractivity contribution >= 4 is 33.0 Å². The molecule has 0 heterocycles. The molecule has 3 nitrogen and oxygen atoms in total. The molecule has 0 saturated heterocycles. The fourth-order valence-electron chi connectivity index (χ4n) is 1.83. The third kappa shape index (κ3) is 3.22. The molecule has 2 aromatic carbocycles. The maximum atomic E-state index is 13.6. The van der Waals surface area contributed by atoms with E-state index in [-0.39, 0.29) is 5.82 Å². The molecule has 0 unspecified atom stereocenters. The second-order valence-electron chi connectivity index (χ2n) is 4.39. The number of hydrogen-bond acceptors (Lipinski definition) is 3. The zero-order valence-electron chi connectivity index (χ0n) is 11.3. The van der Waals surface area contributed by atoms with Crippen LogP contribution in [0.15, 0.2) is 34.8 Å². The van der Waals surface area contributed by atoms with Crippen LogP contribution in [0.3, 0.4) is 0 Å². The normalized spacial score (nSPS) is 10.4. The molecule has 0 fully saturated rings. The second-order valence-corrected chi connectivity index (χ2v) is 5.25. The maximum absolute atomic E-state index is 13.6. The topological polar surface area (TPSA) is 47.3 Å². The standard InChI is InChI=1S/C15H16BrFN2O/c1-3-20-15-7-10(4-5-13(15)18)19-14-8-12(17)11(16)6-9(14)2/h4-8,19H,3,18H2,1-2H3. The number of nitrogen functional groups attached to an aromatic ring is 1. The Kier molecular flexibility index (Phi) is 4.49. The summed E-state index contributed by atoms with van der Waals surface area (Å²) in [6.07, 6.45) is 0. The SMILES string of the molecule is CCOc1cc(Nc2cc(F)c(Br)cc2C)ccc1N. The summed E-state index contributed by atoms with van der Waals surface area (Å²) < 4.78 is 19.5. The van der Waals surface area contributed by atoms with E-state index in [1.165, 1.54) is 6.07 Å². The highest BCUT2D eigenvalue weighted by Crippen LogP contribution is 2.30. The minimum Gasteiger partial charge on any atom is -0.492 e. The first-order chi connectivity index (χ1) is 9.51. The summed E-state index contributed by atoms with van der Waals surface area (Å²) in [5.41, 5.74) is 8.85. The first-order valence-corrected chi connectivity index (χ1v) is 7.05. The van der Waals surface area contributed by atoms with Crippen LogP contribution >= 0.6 is 15.9 Å². The predicted molar refractivity (Wildman–Crippen MR) is 84.1 cm³/mol. The van der Waals surface area contributed by atoms with E-state index in [1.807, 2.05) is 19.9 Å². The molecule has 106 valence electrons. The first kappa shape index (κ1) is 14.7. The Morgan fingerprint density at radius 1 is 1.30 bits per heavy atom.